The third-order valence-electron chi connectivity index (χ3n) is 4.32. The van der Waals surface area contributed by atoms with Crippen LogP contribution in [-0.4, -0.2) is 9.55 Å². The van der Waals surface area contributed by atoms with Crippen LogP contribution >= 0.6 is 23.2 Å². The molecule has 4 rings (SSSR count). The number of hydrogen-bond acceptors (Lipinski definition) is 2. The maximum atomic E-state index is 6.48. The van der Waals surface area contributed by atoms with Gasteiger partial charge in [0.25, 0.3) is 0 Å². The summed E-state index contributed by atoms with van der Waals surface area (Å²) in [7, 11) is 0. The van der Waals surface area contributed by atoms with Crippen molar-refractivity contribution in [2.45, 2.75) is 13.3 Å². The van der Waals surface area contributed by atoms with E-state index in [1.165, 1.54) is 5.56 Å². The van der Waals surface area contributed by atoms with Crippen molar-refractivity contribution in [2.75, 3.05) is 0 Å². The molecular weight excluding hydrogens is 367 g/mol. The molecule has 0 aliphatic carbocycles. The molecule has 2 aromatic heterocycles. The van der Waals surface area contributed by atoms with E-state index in [1.54, 1.807) is 6.26 Å². The smallest absolute Gasteiger partial charge is 0.181 e. The van der Waals surface area contributed by atoms with Crippen molar-refractivity contribution >= 4 is 23.2 Å². The van der Waals surface area contributed by atoms with Gasteiger partial charge in [0.05, 0.1) is 27.7 Å². The predicted octanol–water partition coefficient (Wildman–Crippen LogP) is 6.34. The van der Waals surface area contributed by atoms with Gasteiger partial charge in [-0.3, -0.25) is 4.57 Å². The molecule has 0 aliphatic heterocycles. The molecule has 0 aliphatic rings. The van der Waals surface area contributed by atoms with Crippen molar-refractivity contribution in [3.8, 4) is 17.3 Å². The Bertz CT molecular complexity index is 1020. The van der Waals surface area contributed by atoms with Gasteiger partial charge in [-0.1, -0.05) is 59.6 Å². The van der Waals surface area contributed by atoms with Crippen molar-refractivity contribution < 1.29 is 4.42 Å². The highest BCUT2D eigenvalue weighted by Crippen LogP contribution is 2.35. The monoisotopic (exact) mass is 382 g/mol. The first kappa shape index (κ1) is 17.0. The van der Waals surface area contributed by atoms with Gasteiger partial charge in [-0.05, 0) is 36.8 Å². The highest BCUT2D eigenvalue weighted by Gasteiger charge is 2.22. The number of aromatic nitrogens is 2. The molecule has 0 saturated carbocycles. The molecule has 3 nitrogen and oxygen atoms in total. The Hall–Kier alpha value is -2.49. The second kappa shape index (κ2) is 7.02. The highest BCUT2D eigenvalue weighted by atomic mass is 35.5. The molecule has 0 amide bonds. The first-order valence-corrected chi connectivity index (χ1v) is 9.01. The third kappa shape index (κ3) is 3.05. The van der Waals surface area contributed by atoms with Crippen LogP contribution in [0.4, 0.5) is 0 Å². The lowest BCUT2D eigenvalue weighted by molar-refractivity contribution is 0.575. The van der Waals surface area contributed by atoms with Crippen LogP contribution in [0.15, 0.2) is 71.3 Å². The molecule has 130 valence electrons. The molecule has 5 heteroatoms. The van der Waals surface area contributed by atoms with E-state index >= 15 is 0 Å². The van der Waals surface area contributed by atoms with Crippen molar-refractivity contribution in [1.29, 1.82) is 0 Å². The average molecular weight is 383 g/mol. The fourth-order valence-corrected chi connectivity index (χ4v) is 3.62. The van der Waals surface area contributed by atoms with Crippen molar-refractivity contribution in [3.63, 3.8) is 0 Å². The lowest BCUT2D eigenvalue weighted by Crippen LogP contribution is -2.02. The SMILES string of the molecule is Cc1c(Cc2ccccc2)nc(-c2ccco2)n1-c1c(Cl)cccc1Cl. The number of para-hydroxylation sites is 1. The van der Waals surface area contributed by atoms with Gasteiger partial charge in [0, 0.05) is 12.1 Å². The van der Waals surface area contributed by atoms with Crippen LogP contribution in [0.3, 0.4) is 0 Å². The Morgan fingerprint density at radius 3 is 2.31 bits per heavy atom. The van der Waals surface area contributed by atoms with Crippen LogP contribution in [0, 0.1) is 6.92 Å². The topological polar surface area (TPSA) is 31.0 Å². The van der Waals surface area contributed by atoms with E-state index in [-0.39, 0.29) is 0 Å². The number of imidazole rings is 1. The molecule has 4 aromatic rings. The summed E-state index contributed by atoms with van der Waals surface area (Å²) < 4.78 is 7.58. The number of benzene rings is 2. The van der Waals surface area contributed by atoms with Gasteiger partial charge < -0.3 is 4.42 Å². The molecule has 0 fully saturated rings. The fraction of sp³-hybridized carbons (Fsp3) is 0.0952. The molecule has 0 bridgehead atoms. The van der Waals surface area contributed by atoms with E-state index in [0.717, 1.165) is 17.8 Å². The molecular formula is C21H16Cl2N2O. The predicted molar refractivity (Wildman–Crippen MR) is 105 cm³/mol. The Morgan fingerprint density at radius 2 is 1.65 bits per heavy atom. The Balaban J connectivity index is 1.92. The van der Waals surface area contributed by atoms with Gasteiger partial charge >= 0.3 is 0 Å². The number of nitrogens with zero attached hydrogens (tertiary/aromatic N) is 2. The zero-order valence-corrected chi connectivity index (χ0v) is 15.6. The van der Waals surface area contributed by atoms with Crippen molar-refractivity contribution in [2.24, 2.45) is 0 Å². The van der Waals surface area contributed by atoms with Crippen LogP contribution in [0.25, 0.3) is 17.3 Å². The summed E-state index contributed by atoms with van der Waals surface area (Å²) in [6, 6.07) is 19.5. The second-order valence-corrected chi connectivity index (χ2v) is 6.83. The van der Waals surface area contributed by atoms with Crippen LogP contribution in [0.1, 0.15) is 17.0 Å². The molecule has 0 spiro atoms. The Morgan fingerprint density at radius 1 is 0.923 bits per heavy atom. The minimum Gasteiger partial charge on any atom is -0.461 e. The van der Waals surface area contributed by atoms with Crippen LogP contribution in [-0.2, 0) is 6.42 Å². The maximum Gasteiger partial charge on any atom is 0.181 e. The average Bonchev–Trinajstić information content (AvgIpc) is 3.26. The molecule has 0 atom stereocenters. The summed E-state index contributed by atoms with van der Waals surface area (Å²) in [5, 5.41) is 1.13. The normalized spacial score (nSPS) is 11.0. The van der Waals surface area contributed by atoms with Crippen LogP contribution < -0.4 is 0 Å². The van der Waals surface area contributed by atoms with Crippen LogP contribution in [0.5, 0.6) is 0 Å². The molecule has 0 saturated heterocycles. The fourth-order valence-electron chi connectivity index (χ4n) is 3.05. The summed E-state index contributed by atoms with van der Waals surface area (Å²) in [6.45, 7) is 2.03. The van der Waals surface area contributed by atoms with Crippen molar-refractivity contribution in [3.05, 3.63) is 93.9 Å². The highest BCUT2D eigenvalue weighted by molar-refractivity contribution is 6.37. The molecule has 2 heterocycles. The van der Waals surface area contributed by atoms with E-state index < -0.39 is 0 Å². The summed E-state index contributed by atoms with van der Waals surface area (Å²) >= 11 is 13.0. The molecule has 26 heavy (non-hydrogen) atoms. The molecule has 0 radical (unpaired) electrons. The van der Waals surface area contributed by atoms with E-state index in [0.29, 0.717) is 27.3 Å². The lowest BCUT2D eigenvalue weighted by atomic mass is 10.1. The Kier molecular flexibility index (Phi) is 4.58. The molecule has 2 aromatic carbocycles. The van der Waals surface area contributed by atoms with E-state index in [4.69, 9.17) is 32.6 Å². The first-order chi connectivity index (χ1) is 12.6. The number of halogens is 2. The van der Waals surface area contributed by atoms with Gasteiger partial charge in [0.2, 0.25) is 0 Å². The standard InChI is InChI=1S/C21H16Cl2N2O/c1-14-18(13-15-7-3-2-4-8-15)24-21(19-11-6-12-26-19)25(14)20-16(22)9-5-10-17(20)23/h2-12H,13H2,1H3. The summed E-state index contributed by atoms with van der Waals surface area (Å²) in [6.07, 6.45) is 2.35. The van der Waals surface area contributed by atoms with Gasteiger partial charge in [-0.15, -0.1) is 0 Å². The zero-order valence-electron chi connectivity index (χ0n) is 14.1. The van der Waals surface area contributed by atoms with Crippen molar-refractivity contribution in [1.82, 2.24) is 9.55 Å². The first-order valence-electron chi connectivity index (χ1n) is 8.25. The summed E-state index contributed by atoms with van der Waals surface area (Å²) in [5.41, 5.74) is 3.84. The maximum absolute atomic E-state index is 6.48. The van der Waals surface area contributed by atoms with E-state index in [2.05, 4.69) is 12.1 Å². The minimum absolute atomic E-state index is 0.567. The lowest BCUT2D eigenvalue weighted by Gasteiger charge is -2.13. The number of hydrogen-bond donors (Lipinski definition) is 0. The van der Waals surface area contributed by atoms with E-state index in [9.17, 15) is 0 Å². The van der Waals surface area contributed by atoms with Gasteiger partial charge in [-0.25, -0.2) is 4.98 Å². The van der Waals surface area contributed by atoms with Crippen LogP contribution in [0.2, 0.25) is 10.0 Å². The van der Waals surface area contributed by atoms with E-state index in [1.807, 2.05) is 60.0 Å². The molecule has 0 N–H and O–H groups in total. The molecule has 0 unspecified atom stereocenters. The minimum atomic E-state index is 0.567. The number of furan rings is 1. The summed E-state index contributed by atoms with van der Waals surface area (Å²) in [5.74, 6) is 1.36. The third-order valence-corrected chi connectivity index (χ3v) is 4.93. The quantitative estimate of drug-likeness (QED) is 0.412. The summed E-state index contributed by atoms with van der Waals surface area (Å²) in [4.78, 5) is 4.86. The largest absolute Gasteiger partial charge is 0.461 e. The Labute approximate surface area is 161 Å². The van der Waals surface area contributed by atoms with Gasteiger partial charge in [0.1, 0.15) is 0 Å². The van der Waals surface area contributed by atoms with Gasteiger partial charge in [-0.2, -0.15) is 0 Å². The number of rotatable bonds is 4. The zero-order chi connectivity index (χ0) is 18.1. The second-order valence-electron chi connectivity index (χ2n) is 6.01. The van der Waals surface area contributed by atoms with Gasteiger partial charge in [0.15, 0.2) is 11.6 Å².